The first-order chi connectivity index (χ1) is 13.2. The van der Waals surface area contributed by atoms with E-state index in [1.54, 1.807) is 0 Å². The van der Waals surface area contributed by atoms with E-state index in [1.807, 2.05) is 0 Å². The van der Waals surface area contributed by atoms with Gasteiger partial charge in [0.05, 0.1) is 11.3 Å². The van der Waals surface area contributed by atoms with Crippen molar-refractivity contribution in [2.45, 2.75) is 37.4 Å². The minimum Gasteiger partial charge on any atom is -0.368 e. The Labute approximate surface area is 158 Å². The zero-order chi connectivity index (χ0) is 20.4. The summed E-state index contributed by atoms with van der Waals surface area (Å²) in [7, 11) is 0. The molecule has 28 heavy (non-hydrogen) atoms. The topological polar surface area (TPSA) is 103 Å². The van der Waals surface area contributed by atoms with E-state index in [0.717, 1.165) is 25.0 Å². The molecule has 0 atom stereocenters. The van der Waals surface area contributed by atoms with Gasteiger partial charge in [-0.05, 0) is 43.0 Å². The predicted octanol–water partition coefficient (Wildman–Crippen LogP) is 1.55. The molecule has 0 saturated heterocycles. The average molecular weight is 391 g/mol. The minimum atomic E-state index is -4.42. The third-order valence-electron chi connectivity index (χ3n) is 4.52. The Morgan fingerprint density at radius 1 is 1.18 bits per heavy atom. The summed E-state index contributed by atoms with van der Waals surface area (Å²) in [4.78, 5) is 27.6. The fraction of sp³-hybridized carbons (Fsp3) is 0.333. The Balaban J connectivity index is 1.70. The maximum atomic E-state index is 12.6. The number of primary amides is 1. The van der Waals surface area contributed by atoms with Crippen molar-refractivity contribution in [2.75, 3.05) is 0 Å². The number of nitrogens with one attached hydrogen (secondary N) is 1. The van der Waals surface area contributed by atoms with Crippen LogP contribution in [0.3, 0.4) is 0 Å². The van der Waals surface area contributed by atoms with Crippen molar-refractivity contribution in [3.05, 3.63) is 42.0 Å². The molecular weight excluding hydrogens is 375 g/mol. The van der Waals surface area contributed by atoms with E-state index < -0.39 is 29.1 Å². The quantitative estimate of drug-likeness (QED) is 0.775. The summed E-state index contributed by atoms with van der Waals surface area (Å²) in [6, 6.07) is 4.36. The molecule has 7 nitrogen and oxygen atoms in total. The van der Waals surface area contributed by atoms with Crippen LogP contribution in [0.2, 0.25) is 0 Å². The molecule has 2 aromatic rings. The Bertz CT molecular complexity index is 948. The second kappa shape index (κ2) is 7.34. The first kappa shape index (κ1) is 19.4. The van der Waals surface area contributed by atoms with E-state index in [9.17, 15) is 22.8 Å². The lowest BCUT2D eigenvalue weighted by Crippen LogP contribution is -2.55. The molecule has 1 saturated carbocycles. The molecular formula is C18H16F3N5O2. The van der Waals surface area contributed by atoms with Gasteiger partial charge in [-0.25, -0.2) is 9.67 Å². The molecule has 1 heterocycles. The van der Waals surface area contributed by atoms with Gasteiger partial charge in [0.2, 0.25) is 11.7 Å². The lowest BCUT2D eigenvalue weighted by molar-refractivity contribution is -0.137. The van der Waals surface area contributed by atoms with Crippen LogP contribution in [0.25, 0.3) is 5.69 Å². The number of halogens is 3. The Hall–Kier alpha value is -3.35. The highest BCUT2D eigenvalue weighted by molar-refractivity contribution is 5.98. The molecule has 3 N–H and O–H groups in total. The highest BCUT2D eigenvalue weighted by Crippen LogP contribution is 2.30. The smallest absolute Gasteiger partial charge is 0.368 e. The normalized spacial score (nSPS) is 15.5. The van der Waals surface area contributed by atoms with Crippen LogP contribution in [0.1, 0.15) is 37.1 Å². The number of hydrogen-bond donors (Lipinski definition) is 2. The van der Waals surface area contributed by atoms with Gasteiger partial charge in [-0.1, -0.05) is 12.8 Å². The lowest BCUT2D eigenvalue weighted by atomic mass is 9.97. The van der Waals surface area contributed by atoms with Crippen molar-refractivity contribution in [3.63, 3.8) is 0 Å². The predicted molar refractivity (Wildman–Crippen MR) is 91.8 cm³/mol. The van der Waals surface area contributed by atoms with Crippen LogP contribution in [-0.4, -0.2) is 32.1 Å². The zero-order valence-corrected chi connectivity index (χ0v) is 14.6. The third kappa shape index (κ3) is 4.14. The molecule has 1 aromatic heterocycles. The molecule has 0 unspecified atom stereocenters. The second-order valence-electron chi connectivity index (χ2n) is 6.41. The fourth-order valence-corrected chi connectivity index (χ4v) is 3.02. The van der Waals surface area contributed by atoms with Crippen LogP contribution < -0.4 is 11.1 Å². The molecule has 2 amide bonds. The van der Waals surface area contributed by atoms with Gasteiger partial charge >= 0.3 is 6.18 Å². The second-order valence-corrected chi connectivity index (χ2v) is 6.41. The van der Waals surface area contributed by atoms with Crippen molar-refractivity contribution in [1.82, 2.24) is 20.1 Å². The van der Waals surface area contributed by atoms with Crippen LogP contribution in [-0.2, 0) is 15.8 Å². The average Bonchev–Trinajstić information content (AvgIpc) is 3.29. The van der Waals surface area contributed by atoms with Gasteiger partial charge in [0, 0.05) is 5.92 Å². The minimum absolute atomic E-state index is 0.00888. The molecule has 0 aliphatic heterocycles. The van der Waals surface area contributed by atoms with Crippen molar-refractivity contribution < 1.29 is 22.8 Å². The summed E-state index contributed by atoms with van der Waals surface area (Å²) in [5.41, 5.74) is 3.91. The number of carbonyl (C=O) groups is 2. The van der Waals surface area contributed by atoms with E-state index in [0.29, 0.717) is 18.5 Å². The van der Waals surface area contributed by atoms with E-state index in [1.165, 1.54) is 23.1 Å². The maximum Gasteiger partial charge on any atom is 0.416 e. The largest absolute Gasteiger partial charge is 0.416 e. The molecule has 146 valence electrons. The van der Waals surface area contributed by atoms with Crippen molar-refractivity contribution in [2.24, 2.45) is 5.73 Å². The maximum absolute atomic E-state index is 12.6. The number of nitrogens with two attached hydrogens (primary N) is 1. The van der Waals surface area contributed by atoms with E-state index in [4.69, 9.17) is 5.73 Å². The SMILES string of the molecule is NC(=O)C1(NC(=O)C#Cc2ncn(-c3ccc(C(F)(F)F)cc3)n2)CCCC1. The lowest BCUT2D eigenvalue weighted by Gasteiger charge is -2.25. The molecule has 0 bridgehead atoms. The molecule has 1 fully saturated rings. The standard InChI is InChI=1S/C18H16F3N5O2/c19-18(20,21)12-3-5-13(6-4-12)26-11-23-14(25-26)7-8-15(27)24-17(16(22)28)9-1-2-10-17/h3-6,11H,1-2,9-10H2,(H2,22,28)(H,24,27). The summed E-state index contributed by atoms with van der Waals surface area (Å²) in [6.45, 7) is 0. The Kier molecular flexibility index (Phi) is 5.09. The molecule has 10 heteroatoms. The summed E-state index contributed by atoms with van der Waals surface area (Å²) in [5, 5.41) is 6.57. The summed E-state index contributed by atoms with van der Waals surface area (Å²) in [5.74, 6) is 3.51. The number of carbonyl (C=O) groups excluding carboxylic acids is 2. The van der Waals surface area contributed by atoms with Gasteiger partial charge in [-0.2, -0.15) is 13.2 Å². The number of hydrogen-bond acceptors (Lipinski definition) is 4. The van der Waals surface area contributed by atoms with E-state index >= 15 is 0 Å². The van der Waals surface area contributed by atoms with Gasteiger partial charge in [-0.15, -0.1) is 5.10 Å². The Morgan fingerprint density at radius 3 is 2.39 bits per heavy atom. The number of nitrogens with zero attached hydrogens (tertiary/aromatic N) is 3. The van der Waals surface area contributed by atoms with E-state index in [-0.39, 0.29) is 5.82 Å². The molecule has 3 rings (SSSR count). The molecule has 1 aromatic carbocycles. The van der Waals surface area contributed by atoms with Gasteiger partial charge in [0.25, 0.3) is 5.91 Å². The summed E-state index contributed by atoms with van der Waals surface area (Å²) >= 11 is 0. The van der Waals surface area contributed by atoms with Crippen molar-refractivity contribution in [3.8, 4) is 17.5 Å². The highest BCUT2D eigenvalue weighted by Gasteiger charge is 2.40. The molecule has 0 spiro atoms. The summed E-state index contributed by atoms with van der Waals surface area (Å²) in [6.07, 6.45) is -0.641. The van der Waals surface area contributed by atoms with Crippen LogP contribution in [0.5, 0.6) is 0 Å². The van der Waals surface area contributed by atoms with Crippen molar-refractivity contribution >= 4 is 11.8 Å². The third-order valence-corrected chi connectivity index (χ3v) is 4.52. The van der Waals surface area contributed by atoms with Crippen LogP contribution >= 0.6 is 0 Å². The number of aromatic nitrogens is 3. The van der Waals surface area contributed by atoms with Gasteiger partial charge in [0.1, 0.15) is 11.9 Å². The number of rotatable bonds is 3. The van der Waals surface area contributed by atoms with E-state index in [2.05, 4.69) is 27.2 Å². The fourth-order valence-electron chi connectivity index (χ4n) is 3.02. The highest BCUT2D eigenvalue weighted by atomic mass is 19.4. The monoisotopic (exact) mass is 391 g/mol. The molecule has 1 aliphatic carbocycles. The number of benzene rings is 1. The van der Waals surface area contributed by atoms with Gasteiger partial charge < -0.3 is 11.1 Å². The van der Waals surface area contributed by atoms with Gasteiger partial charge in [0.15, 0.2) is 0 Å². The number of alkyl halides is 3. The van der Waals surface area contributed by atoms with Crippen LogP contribution in [0.4, 0.5) is 13.2 Å². The van der Waals surface area contributed by atoms with Crippen LogP contribution in [0.15, 0.2) is 30.6 Å². The zero-order valence-electron chi connectivity index (χ0n) is 14.6. The molecule has 1 aliphatic rings. The first-order valence-electron chi connectivity index (χ1n) is 8.43. The number of amides is 2. The van der Waals surface area contributed by atoms with Crippen LogP contribution in [0, 0.1) is 11.8 Å². The summed E-state index contributed by atoms with van der Waals surface area (Å²) < 4.78 is 39.1. The molecule has 0 radical (unpaired) electrons. The van der Waals surface area contributed by atoms with Crippen molar-refractivity contribution in [1.29, 1.82) is 0 Å². The first-order valence-corrected chi connectivity index (χ1v) is 8.43. The Morgan fingerprint density at radius 2 is 1.82 bits per heavy atom. The van der Waals surface area contributed by atoms with Gasteiger partial charge in [-0.3, -0.25) is 9.59 Å².